The van der Waals surface area contributed by atoms with Crippen molar-refractivity contribution in [2.75, 3.05) is 5.32 Å². The predicted octanol–water partition coefficient (Wildman–Crippen LogP) is 4.51. The van der Waals surface area contributed by atoms with E-state index in [2.05, 4.69) is 25.8 Å². The molecule has 25 heavy (non-hydrogen) atoms. The van der Waals surface area contributed by atoms with Crippen molar-refractivity contribution in [2.24, 2.45) is 0 Å². The van der Waals surface area contributed by atoms with Gasteiger partial charge in [0.05, 0.1) is 4.47 Å². The molecule has 1 aromatic carbocycles. The van der Waals surface area contributed by atoms with Gasteiger partial charge in [-0.15, -0.1) is 0 Å². The Kier molecular flexibility index (Phi) is 5.13. The van der Waals surface area contributed by atoms with Crippen molar-refractivity contribution in [2.45, 2.75) is 53.0 Å². The van der Waals surface area contributed by atoms with Gasteiger partial charge >= 0.3 is 0 Å². The SMILES string of the molecule is Cc1cccc(NC(=O)c2c3n(c(C)c(Br)c2=O)CCCCC3)c1C. The van der Waals surface area contributed by atoms with Crippen molar-refractivity contribution in [3.63, 3.8) is 0 Å². The molecule has 0 aliphatic carbocycles. The number of hydrogen-bond acceptors (Lipinski definition) is 2. The first-order valence-electron chi connectivity index (χ1n) is 8.71. The minimum absolute atomic E-state index is 0.214. The molecule has 0 bridgehead atoms. The minimum atomic E-state index is -0.315. The number of hydrogen-bond donors (Lipinski definition) is 1. The Morgan fingerprint density at radius 1 is 1.16 bits per heavy atom. The van der Waals surface area contributed by atoms with Gasteiger partial charge in [0.25, 0.3) is 5.91 Å². The summed E-state index contributed by atoms with van der Waals surface area (Å²) < 4.78 is 2.63. The number of nitrogens with one attached hydrogen (secondary N) is 1. The zero-order valence-electron chi connectivity index (χ0n) is 14.9. The van der Waals surface area contributed by atoms with E-state index in [1.54, 1.807) is 0 Å². The Balaban J connectivity index is 2.10. The molecule has 1 N–H and O–H groups in total. The lowest BCUT2D eigenvalue weighted by molar-refractivity contribution is 0.102. The first-order chi connectivity index (χ1) is 11.9. The predicted molar refractivity (Wildman–Crippen MR) is 105 cm³/mol. The van der Waals surface area contributed by atoms with Gasteiger partial charge in [-0.3, -0.25) is 9.59 Å². The lowest BCUT2D eigenvalue weighted by Crippen LogP contribution is -2.29. The van der Waals surface area contributed by atoms with E-state index in [-0.39, 0.29) is 16.9 Å². The van der Waals surface area contributed by atoms with E-state index in [0.29, 0.717) is 4.47 Å². The van der Waals surface area contributed by atoms with Gasteiger partial charge in [0.15, 0.2) is 0 Å². The molecule has 0 saturated carbocycles. The average Bonchev–Trinajstić information content (AvgIpc) is 2.83. The van der Waals surface area contributed by atoms with Crippen LogP contribution in [0.2, 0.25) is 0 Å². The van der Waals surface area contributed by atoms with Crippen LogP contribution in [-0.2, 0) is 13.0 Å². The number of aromatic nitrogens is 1. The summed E-state index contributed by atoms with van der Waals surface area (Å²) in [6.45, 7) is 6.77. The van der Waals surface area contributed by atoms with Crippen LogP contribution in [0, 0.1) is 20.8 Å². The molecule has 132 valence electrons. The molecule has 0 radical (unpaired) electrons. The van der Waals surface area contributed by atoms with Crippen LogP contribution in [0.1, 0.15) is 52.1 Å². The molecule has 1 aromatic heterocycles. The van der Waals surface area contributed by atoms with E-state index >= 15 is 0 Å². The van der Waals surface area contributed by atoms with E-state index in [0.717, 1.165) is 60.4 Å². The molecule has 0 saturated heterocycles. The fourth-order valence-electron chi connectivity index (χ4n) is 3.47. The maximum Gasteiger partial charge on any atom is 0.261 e. The van der Waals surface area contributed by atoms with Crippen molar-refractivity contribution in [3.8, 4) is 0 Å². The second-order valence-corrected chi connectivity index (χ2v) is 7.51. The standard InChI is InChI=1S/C20H23BrN2O2/c1-12-8-7-9-15(13(12)2)22-20(25)17-16-10-5-4-6-11-23(16)14(3)18(21)19(17)24/h7-9H,4-6,10-11H2,1-3H3,(H,22,25). The number of nitrogens with zero attached hydrogens (tertiary/aromatic N) is 1. The van der Waals surface area contributed by atoms with Gasteiger partial charge < -0.3 is 9.88 Å². The smallest absolute Gasteiger partial charge is 0.261 e. The van der Waals surface area contributed by atoms with Gasteiger partial charge in [0, 0.05) is 23.6 Å². The molecular weight excluding hydrogens is 380 g/mol. The third-order valence-corrected chi connectivity index (χ3v) is 6.07. The summed E-state index contributed by atoms with van der Waals surface area (Å²) in [5.74, 6) is -0.315. The molecule has 1 aliphatic rings. The molecule has 0 unspecified atom stereocenters. The minimum Gasteiger partial charge on any atom is -0.347 e. The first-order valence-corrected chi connectivity index (χ1v) is 9.50. The number of halogens is 1. The van der Waals surface area contributed by atoms with Crippen molar-refractivity contribution < 1.29 is 4.79 Å². The molecule has 3 rings (SSSR count). The zero-order valence-corrected chi connectivity index (χ0v) is 16.5. The summed E-state index contributed by atoms with van der Waals surface area (Å²) in [4.78, 5) is 25.8. The highest BCUT2D eigenvalue weighted by Gasteiger charge is 2.24. The second kappa shape index (κ2) is 7.16. The average molecular weight is 403 g/mol. The second-order valence-electron chi connectivity index (χ2n) is 6.71. The highest BCUT2D eigenvalue weighted by molar-refractivity contribution is 9.10. The van der Waals surface area contributed by atoms with Crippen LogP contribution in [0.5, 0.6) is 0 Å². The van der Waals surface area contributed by atoms with Gasteiger partial charge in [0.1, 0.15) is 5.56 Å². The Hall–Kier alpha value is -1.88. The normalized spacial score (nSPS) is 13.9. The first kappa shape index (κ1) is 17.9. The highest BCUT2D eigenvalue weighted by Crippen LogP contribution is 2.24. The third-order valence-electron chi connectivity index (χ3n) is 5.14. The largest absolute Gasteiger partial charge is 0.347 e. The molecule has 5 heteroatoms. The number of aryl methyl sites for hydroxylation is 1. The van der Waals surface area contributed by atoms with Gasteiger partial charge in [-0.2, -0.15) is 0 Å². The molecule has 1 aliphatic heterocycles. The summed E-state index contributed by atoms with van der Waals surface area (Å²) >= 11 is 3.40. The topological polar surface area (TPSA) is 51.1 Å². The number of carbonyl (C=O) groups is 1. The Morgan fingerprint density at radius 2 is 1.92 bits per heavy atom. The molecule has 4 nitrogen and oxygen atoms in total. The summed E-state index contributed by atoms with van der Waals surface area (Å²) in [7, 11) is 0. The number of fused-ring (bicyclic) bond motifs is 1. The maximum atomic E-state index is 13.0. The van der Waals surface area contributed by atoms with E-state index in [1.807, 2.05) is 39.0 Å². The molecule has 2 aromatic rings. The summed E-state index contributed by atoms with van der Waals surface area (Å²) in [6.07, 6.45) is 3.95. The molecular formula is C20H23BrN2O2. The number of anilines is 1. The van der Waals surface area contributed by atoms with Crippen LogP contribution >= 0.6 is 15.9 Å². The number of pyridine rings is 1. The van der Waals surface area contributed by atoms with E-state index in [4.69, 9.17) is 0 Å². The number of benzene rings is 1. The number of carbonyl (C=O) groups excluding carboxylic acids is 1. The van der Waals surface area contributed by atoms with E-state index < -0.39 is 0 Å². The number of rotatable bonds is 2. The third kappa shape index (κ3) is 3.30. The van der Waals surface area contributed by atoms with Gasteiger partial charge in [-0.1, -0.05) is 18.6 Å². The van der Waals surface area contributed by atoms with E-state index in [9.17, 15) is 9.59 Å². The van der Waals surface area contributed by atoms with Gasteiger partial charge in [-0.05, 0) is 73.2 Å². The fraction of sp³-hybridized carbons (Fsp3) is 0.400. The molecule has 0 spiro atoms. The number of amides is 1. The molecule has 2 heterocycles. The zero-order chi connectivity index (χ0) is 18.1. The van der Waals surface area contributed by atoms with Crippen molar-refractivity contribution in [1.82, 2.24) is 4.57 Å². The van der Waals surface area contributed by atoms with Crippen LogP contribution in [0.15, 0.2) is 27.5 Å². The summed E-state index contributed by atoms with van der Waals surface area (Å²) in [6, 6.07) is 5.80. The highest BCUT2D eigenvalue weighted by atomic mass is 79.9. The Labute approximate surface area is 156 Å². The van der Waals surface area contributed by atoms with Gasteiger partial charge in [-0.25, -0.2) is 0 Å². The van der Waals surface area contributed by atoms with Crippen molar-refractivity contribution in [1.29, 1.82) is 0 Å². The van der Waals surface area contributed by atoms with Crippen LogP contribution in [0.4, 0.5) is 5.69 Å². The quantitative estimate of drug-likeness (QED) is 0.802. The lowest BCUT2D eigenvalue weighted by Gasteiger charge is -2.19. The van der Waals surface area contributed by atoms with Gasteiger partial charge in [0.2, 0.25) is 5.43 Å². The van der Waals surface area contributed by atoms with Crippen molar-refractivity contribution >= 4 is 27.5 Å². The molecule has 1 amide bonds. The molecule has 0 fully saturated rings. The Morgan fingerprint density at radius 3 is 2.68 bits per heavy atom. The van der Waals surface area contributed by atoms with E-state index in [1.165, 1.54) is 0 Å². The van der Waals surface area contributed by atoms with Crippen LogP contribution in [0.3, 0.4) is 0 Å². The fourth-order valence-corrected chi connectivity index (χ4v) is 3.88. The summed E-state index contributed by atoms with van der Waals surface area (Å²) in [5.41, 5.74) is 4.73. The monoisotopic (exact) mass is 402 g/mol. The molecule has 0 atom stereocenters. The summed E-state index contributed by atoms with van der Waals surface area (Å²) in [5, 5.41) is 2.95. The van der Waals surface area contributed by atoms with Crippen LogP contribution in [-0.4, -0.2) is 10.5 Å². The van der Waals surface area contributed by atoms with Crippen LogP contribution in [0.25, 0.3) is 0 Å². The maximum absolute atomic E-state index is 13.0. The van der Waals surface area contributed by atoms with Crippen molar-refractivity contribution in [3.05, 3.63) is 61.0 Å². The van der Waals surface area contributed by atoms with Crippen LogP contribution < -0.4 is 10.7 Å². The lowest BCUT2D eigenvalue weighted by atomic mass is 10.0. The Bertz CT molecular complexity index is 900.